The molecule has 2 fully saturated rings. The number of aromatic amines is 2. The van der Waals surface area contributed by atoms with E-state index in [4.69, 9.17) is 32.1 Å². The Labute approximate surface area is 352 Å². The van der Waals surface area contributed by atoms with E-state index in [1.807, 2.05) is 0 Å². The summed E-state index contributed by atoms with van der Waals surface area (Å²) in [7, 11) is -9.75. The average Bonchev–Trinajstić information content (AvgIpc) is 3.82. The van der Waals surface area contributed by atoms with E-state index in [2.05, 4.69) is 30.0 Å². The highest BCUT2D eigenvalue weighted by Gasteiger charge is 2.53. The maximum Gasteiger partial charge on any atom is 0.531 e. The van der Waals surface area contributed by atoms with Crippen molar-refractivity contribution in [2.45, 2.75) is 90.1 Å². The number of phosphoric ester groups is 1. The fourth-order valence-corrected chi connectivity index (χ4v) is 10.9. The molecule has 9 atom stereocenters. The number of nitrogens with one attached hydrogen (secondary N) is 2. The Morgan fingerprint density at radius 1 is 0.742 bits per heavy atom. The number of aryl methyl sites for hydroxylation is 2. The highest BCUT2D eigenvalue weighted by Crippen LogP contribution is 2.65. The first kappa shape index (κ1) is 45.8. The molecule has 330 valence electrons. The zero-order chi connectivity index (χ0) is 44.8. The van der Waals surface area contributed by atoms with Gasteiger partial charge in [-0.25, -0.2) is 18.7 Å². The third kappa shape index (κ3) is 10.8. The van der Waals surface area contributed by atoms with Crippen LogP contribution in [0.3, 0.4) is 0 Å². The Kier molecular flexibility index (Phi) is 14.1. The molecule has 0 saturated carbocycles. The summed E-state index contributed by atoms with van der Waals surface area (Å²) in [6.07, 6.45) is -1.81. The lowest BCUT2D eigenvalue weighted by Gasteiger charge is -2.37. The zero-order valence-corrected chi connectivity index (χ0v) is 35.9. The predicted molar refractivity (Wildman–Crippen MR) is 221 cm³/mol. The van der Waals surface area contributed by atoms with Gasteiger partial charge >= 0.3 is 26.8 Å². The van der Waals surface area contributed by atoms with Crippen molar-refractivity contribution >= 4 is 15.4 Å². The van der Waals surface area contributed by atoms with Crippen LogP contribution in [0.1, 0.15) is 57.2 Å². The number of hydrogen-bond donors (Lipinski definition) is 2. The summed E-state index contributed by atoms with van der Waals surface area (Å²) in [6, 6.07) is 13.8. The van der Waals surface area contributed by atoms with Crippen molar-refractivity contribution in [3.63, 3.8) is 0 Å². The maximum atomic E-state index is 15.5. The minimum atomic E-state index is -4.97. The highest BCUT2D eigenvalue weighted by molar-refractivity contribution is 7.56. The van der Waals surface area contributed by atoms with Crippen molar-refractivity contribution in [2.75, 3.05) is 13.2 Å². The van der Waals surface area contributed by atoms with Gasteiger partial charge < -0.3 is 18.5 Å². The summed E-state index contributed by atoms with van der Waals surface area (Å²) < 4.78 is 75.2. The topological polar surface area (TPSA) is 306 Å². The first-order chi connectivity index (χ1) is 29.4. The van der Waals surface area contributed by atoms with E-state index in [0.717, 1.165) is 9.13 Å². The molecule has 3 unspecified atom stereocenters. The Balaban J connectivity index is 1.33. The molecule has 0 spiro atoms. The van der Waals surface area contributed by atoms with Crippen LogP contribution in [0.15, 0.2) is 102 Å². The minimum absolute atomic E-state index is 0.0191. The molecule has 2 aromatic heterocycles. The number of nitrogens with zero attached hydrogens (tertiary/aromatic N) is 8. The molecule has 0 bridgehead atoms. The molecular weight excluding hydrogens is 854 g/mol. The molecule has 4 aromatic rings. The third-order valence-corrected chi connectivity index (χ3v) is 13.7. The number of phosphoric acid groups is 1. The second-order valence-corrected chi connectivity index (χ2v) is 19.0. The van der Waals surface area contributed by atoms with Gasteiger partial charge in [-0.2, -0.15) is 0 Å². The van der Waals surface area contributed by atoms with E-state index < -0.39 is 99.1 Å². The normalized spacial score (nSPS) is 23.6. The van der Waals surface area contributed by atoms with Gasteiger partial charge in [0, 0.05) is 51.6 Å². The molecule has 2 aliphatic rings. The van der Waals surface area contributed by atoms with Crippen molar-refractivity contribution in [1.82, 2.24) is 19.1 Å². The van der Waals surface area contributed by atoms with Gasteiger partial charge in [0.25, 0.3) is 11.1 Å². The molecule has 2 aromatic carbocycles. The lowest BCUT2D eigenvalue weighted by Crippen LogP contribution is -2.35. The van der Waals surface area contributed by atoms with Gasteiger partial charge in [-0.15, -0.1) is 0 Å². The summed E-state index contributed by atoms with van der Waals surface area (Å²) in [5.74, 6) is -1.68. The highest BCUT2D eigenvalue weighted by atomic mass is 31.2. The lowest BCUT2D eigenvalue weighted by molar-refractivity contribution is -0.0332. The second kappa shape index (κ2) is 19.1. The number of ether oxygens (including phenoxy) is 2. The number of hydrogen-bond acceptors (Lipinski definition) is 15. The summed E-state index contributed by atoms with van der Waals surface area (Å²) in [5, 5.41) is 7.62. The van der Waals surface area contributed by atoms with Crippen LogP contribution >= 0.6 is 15.4 Å². The predicted octanol–water partition coefficient (Wildman–Crippen LogP) is 6.52. The lowest BCUT2D eigenvalue weighted by atomic mass is 9.98. The van der Waals surface area contributed by atoms with Gasteiger partial charge in [-0.05, 0) is 49.2 Å². The first-order valence-electron chi connectivity index (χ1n) is 19.1. The van der Waals surface area contributed by atoms with Crippen molar-refractivity contribution in [3.05, 3.63) is 147 Å². The van der Waals surface area contributed by atoms with E-state index in [1.54, 1.807) is 57.2 Å². The number of benzene rings is 2. The molecule has 2 N–H and O–H groups in total. The van der Waals surface area contributed by atoms with Gasteiger partial charge in [0.05, 0.1) is 37.5 Å². The van der Waals surface area contributed by atoms with Gasteiger partial charge in [-0.1, -0.05) is 67.4 Å². The largest absolute Gasteiger partial charge is 0.531 e. The standard InChI is InChI=1S/C37H44N10O13P2/c1-22-18-46(35(50)40-32(22)48)30-16-26(42-44-38)28(56-30)20-54-61(52,58-24-12-8-6-9-13-24)34(37(3,4)5)60-62(53,59-25-14-10-7-11-15-25)55-21-29-27(43-45-39)17-31(57-29)47-19-23(2)33(49)41-36(47)51/h6-15,18-19,26-31,34H,16-17,20-21H2,1-5H3,(H,40,48,50)(H,41,49,51)/t26-,27-,28+,29+,30+,31+,34?,61?,62?/m0/s1. The molecule has 4 heterocycles. The molecular formula is C37H44N10O13P2. The third-order valence-electron chi connectivity index (χ3n) is 9.73. The molecule has 2 aliphatic heterocycles. The van der Waals surface area contributed by atoms with Crippen LogP contribution in [0.25, 0.3) is 20.9 Å². The van der Waals surface area contributed by atoms with Crippen LogP contribution in [-0.2, 0) is 32.2 Å². The molecule has 23 nitrogen and oxygen atoms in total. The Hall–Kier alpha value is -5.72. The van der Waals surface area contributed by atoms with Gasteiger partial charge in [0.2, 0.25) is 0 Å². The number of aromatic nitrogens is 4. The molecule has 62 heavy (non-hydrogen) atoms. The van der Waals surface area contributed by atoms with Crippen LogP contribution in [0.2, 0.25) is 0 Å². The minimum Gasteiger partial charge on any atom is -0.423 e. The van der Waals surface area contributed by atoms with E-state index in [1.165, 1.54) is 50.5 Å². The zero-order valence-electron chi connectivity index (χ0n) is 34.1. The number of para-hydroxylation sites is 2. The molecule has 0 amide bonds. The number of H-pyrrole nitrogens is 2. The summed E-state index contributed by atoms with van der Waals surface area (Å²) >= 11 is 0. The smallest absolute Gasteiger partial charge is 0.423 e. The monoisotopic (exact) mass is 898 g/mol. The summed E-state index contributed by atoms with van der Waals surface area (Å²) in [6.45, 7) is 6.63. The summed E-state index contributed by atoms with van der Waals surface area (Å²) in [5.41, 5.74) is 15.2. The van der Waals surface area contributed by atoms with Crippen molar-refractivity contribution in [1.29, 1.82) is 0 Å². The fraction of sp³-hybridized carbons (Fsp3) is 0.459. The van der Waals surface area contributed by atoms with Crippen LogP contribution < -0.4 is 31.5 Å². The molecule has 25 heteroatoms. The van der Waals surface area contributed by atoms with Crippen LogP contribution in [0, 0.1) is 19.3 Å². The van der Waals surface area contributed by atoms with Crippen LogP contribution in [0.5, 0.6) is 11.5 Å². The molecule has 2 saturated heterocycles. The second-order valence-electron chi connectivity index (χ2n) is 15.4. The molecule has 0 aliphatic carbocycles. The quantitative estimate of drug-likeness (QED) is 0.0494. The van der Waals surface area contributed by atoms with Gasteiger partial charge in [0.1, 0.15) is 24.0 Å². The van der Waals surface area contributed by atoms with Gasteiger partial charge in [0.15, 0.2) is 5.85 Å². The van der Waals surface area contributed by atoms with Gasteiger partial charge in [-0.3, -0.25) is 42.3 Å². The van der Waals surface area contributed by atoms with Crippen molar-refractivity contribution in [3.8, 4) is 11.5 Å². The average molecular weight is 899 g/mol. The maximum absolute atomic E-state index is 15.5. The molecule has 0 radical (unpaired) electrons. The number of rotatable bonds is 17. The van der Waals surface area contributed by atoms with Crippen molar-refractivity contribution < 1.29 is 41.2 Å². The number of azide groups is 2. The van der Waals surface area contributed by atoms with Crippen molar-refractivity contribution in [2.24, 2.45) is 15.6 Å². The van der Waals surface area contributed by atoms with E-state index in [9.17, 15) is 30.2 Å². The van der Waals surface area contributed by atoms with E-state index >= 15 is 9.13 Å². The Morgan fingerprint density at radius 3 is 1.61 bits per heavy atom. The summed E-state index contributed by atoms with van der Waals surface area (Å²) in [4.78, 5) is 59.8. The van der Waals surface area contributed by atoms with Crippen LogP contribution in [-0.4, -0.2) is 62.5 Å². The Bertz CT molecular complexity index is 2670. The Morgan fingerprint density at radius 2 is 1.18 bits per heavy atom. The molecule has 6 rings (SSSR count). The first-order valence-corrected chi connectivity index (χ1v) is 22.2. The SMILES string of the molecule is Cc1cn([C@H]2C[C@H](N=[N+]=[N-])[C@@H](COP(=O)(Oc3ccccc3)OC(C(C)(C)C)P(=O)(OC[C@H]3O[C@@H](n4cc(C)c(=O)[nH]c4=O)C[C@@H]3N=[N+]=[N-])Oc3ccccc3)O2)c(=O)[nH]c1=O. The van der Waals surface area contributed by atoms with E-state index in [-0.39, 0.29) is 35.5 Å². The van der Waals surface area contributed by atoms with E-state index in [0.29, 0.717) is 0 Å². The van der Waals surface area contributed by atoms with Crippen LogP contribution in [0.4, 0.5) is 0 Å². The fourth-order valence-electron chi connectivity index (χ4n) is 6.66.